The molecule has 0 radical (unpaired) electrons. The van der Waals surface area contributed by atoms with E-state index in [9.17, 15) is 14.3 Å². The second kappa shape index (κ2) is 20.6. The molecule has 0 bridgehead atoms. The number of unbranched alkanes of at least 4 members (excludes halogenated alkanes) is 10. The summed E-state index contributed by atoms with van der Waals surface area (Å²) in [5.41, 5.74) is 1.01. The molecule has 0 aromatic heterocycles. The maximum absolute atomic E-state index is 12.4. The van der Waals surface area contributed by atoms with Crippen molar-refractivity contribution in [3.05, 3.63) is 29.8 Å². The van der Waals surface area contributed by atoms with Gasteiger partial charge in [-0.2, -0.15) is 0 Å². The average molecular weight is 571 g/mol. The summed E-state index contributed by atoms with van der Waals surface area (Å²) in [6.45, 7) is 8.14. The fourth-order valence-electron chi connectivity index (χ4n) is 4.45. The van der Waals surface area contributed by atoms with Crippen molar-refractivity contribution in [1.29, 1.82) is 0 Å². The fraction of sp³-hybridized carbons (Fsp3) is 0.774. The van der Waals surface area contributed by atoms with Crippen molar-refractivity contribution in [2.75, 3.05) is 47.0 Å². The highest BCUT2D eigenvalue weighted by Crippen LogP contribution is 2.43. The summed E-state index contributed by atoms with van der Waals surface area (Å²) in [5.74, 6) is 0.606. The first-order valence-corrected chi connectivity index (χ1v) is 16.7. The molecule has 0 fully saturated rings. The number of nitrogens with zero attached hydrogens (tertiary/aromatic N) is 1. The molecule has 39 heavy (non-hydrogen) atoms. The van der Waals surface area contributed by atoms with E-state index >= 15 is 0 Å². The minimum absolute atomic E-state index is 0.0168. The predicted molar refractivity (Wildman–Crippen MR) is 160 cm³/mol. The van der Waals surface area contributed by atoms with Gasteiger partial charge in [-0.05, 0) is 50.3 Å². The van der Waals surface area contributed by atoms with Crippen LogP contribution >= 0.6 is 7.82 Å². The molecule has 0 heterocycles. The Kier molecular flexibility index (Phi) is 18.9. The minimum atomic E-state index is -4.18. The number of ketones is 1. The number of hydrogen-bond acceptors (Lipinski definition) is 5. The Morgan fingerprint density at radius 1 is 0.923 bits per heavy atom. The summed E-state index contributed by atoms with van der Waals surface area (Å²) in [4.78, 5) is 22.0. The van der Waals surface area contributed by atoms with Crippen LogP contribution in [0.1, 0.15) is 103 Å². The van der Waals surface area contributed by atoms with Gasteiger partial charge < -0.3 is 18.9 Å². The highest BCUT2D eigenvalue weighted by atomic mass is 31.2. The minimum Gasteiger partial charge on any atom is -0.494 e. The number of likely N-dealkylation sites (N-methyl/N-ethyl adjacent to an activating group) is 1. The molecular weight excluding hydrogens is 513 g/mol. The number of hydrogen-bond donors (Lipinski definition) is 1. The van der Waals surface area contributed by atoms with Gasteiger partial charge in [-0.3, -0.25) is 9.05 Å². The quantitative estimate of drug-likeness (QED) is 0.0735. The van der Waals surface area contributed by atoms with Gasteiger partial charge in [0.25, 0.3) is 0 Å². The molecule has 8 heteroatoms. The number of ether oxygens (including phenoxy) is 1. The number of phosphoric ester groups is 1. The molecule has 0 spiro atoms. The largest absolute Gasteiger partial charge is 0.494 e. The second-order valence-corrected chi connectivity index (χ2v) is 13.0. The Balaban J connectivity index is 2.39. The Bertz CT molecular complexity index is 831. The first-order valence-electron chi connectivity index (χ1n) is 15.2. The molecule has 0 amide bonds. The van der Waals surface area contributed by atoms with Crippen molar-refractivity contribution in [2.45, 2.75) is 104 Å². The molecule has 226 valence electrons. The van der Waals surface area contributed by atoms with Crippen LogP contribution in [-0.4, -0.2) is 62.2 Å². The summed E-state index contributed by atoms with van der Waals surface area (Å²) in [5, 5.41) is 0. The van der Waals surface area contributed by atoms with Crippen molar-refractivity contribution < 1.29 is 32.5 Å². The third-order valence-corrected chi connectivity index (χ3v) is 8.28. The summed E-state index contributed by atoms with van der Waals surface area (Å²) < 4.78 is 29.5. The Hall–Kier alpha value is -1.24. The maximum atomic E-state index is 12.4. The SMILES string of the molecule is CCCCCCCCCCCCCOc1cccc(CC(COP(=O)(O)OCC[N+](C)(C)CC)CC(C)=O)c1. The third kappa shape index (κ3) is 19.5. The Labute approximate surface area is 238 Å². The Morgan fingerprint density at radius 2 is 1.54 bits per heavy atom. The second-order valence-electron chi connectivity index (χ2n) is 11.6. The van der Waals surface area contributed by atoms with Crippen LogP contribution in [0.3, 0.4) is 0 Å². The van der Waals surface area contributed by atoms with E-state index in [1.165, 1.54) is 71.1 Å². The highest BCUT2D eigenvalue weighted by Gasteiger charge is 2.25. The first kappa shape index (κ1) is 35.8. The Morgan fingerprint density at radius 3 is 2.13 bits per heavy atom. The first-order chi connectivity index (χ1) is 18.6. The molecule has 1 N–H and O–H groups in total. The van der Waals surface area contributed by atoms with E-state index in [0.717, 1.165) is 24.3 Å². The molecule has 1 aromatic carbocycles. The van der Waals surface area contributed by atoms with E-state index < -0.39 is 7.82 Å². The lowest BCUT2D eigenvalue weighted by atomic mass is 9.95. The van der Waals surface area contributed by atoms with E-state index in [1.807, 2.05) is 38.4 Å². The zero-order valence-corrected chi connectivity index (χ0v) is 26.4. The van der Waals surface area contributed by atoms with Gasteiger partial charge in [0.2, 0.25) is 0 Å². The maximum Gasteiger partial charge on any atom is 0.472 e. The molecule has 2 atom stereocenters. The molecule has 0 aliphatic heterocycles. The van der Waals surface area contributed by atoms with Crippen LogP contribution < -0.4 is 4.74 Å². The average Bonchev–Trinajstić information content (AvgIpc) is 2.88. The molecule has 0 aliphatic carbocycles. The summed E-state index contributed by atoms with van der Waals surface area (Å²) in [6, 6.07) is 7.88. The monoisotopic (exact) mass is 570 g/mol. The van der Waals surface area contributed by atoms with E-state index in [2.05, 4.69) is 13.8 Å². The van der Waals surface area contributed by atoms with Crippen molar-refractivity contribution in [1.82, 2.24) is 0 Å². The van der Waals surface area contributed by atoms with Gasteiger partial charge >= 0.3 is 7.82 Å². The number of carbonyl (C=O) groups excluding carboxylic acids is 1. The number of Topliss-reactive ketones (excluding diaryl/α,β-unsaturated/α-hetero) is 1. The number of rotatable bonds is 25. The molecule has 0 aliphatic rings. The van der Waals surface area contributed by atoms with Gasteiger partial charge in [0, 0.05) is 6.42 Å². The van der Waals surface area contributed by atoms with Gasteiger partial charge in [0.05, 0.1) is 33.9 Å². The van der Waals surface area contributed by atoms with Crippen LogP contribution in [0.4, 0.5) is 0 Å². The molecule has 1 aromatic rings. The van der Waals surface area contributed by atoms with E-state index in [1.54, 1.807) is 0 Å². The predicted octanol–water partition coefficient (Wildman–Crippen LogP) is 7.74. The normalized spacial score (nSPS) is 14.2. The van der Waals surface area contributed by atoms with Gasteiger partial charge in [-0.25, -0.2) is 4.57 Å². The van der Waals surface area contributed by atoms with Crippen LogP contribution in [0.2, 0.25) is 0 Å². The number of phosphoric acid groups is 1. The van der Waals surface area contributed by atoms with Gasteiger partial charge in [0.1, 0.15) is 24.7 Å². The van der Waals surface area contributed by atoms with Crippen molar-refractivity contribution in [2.24, 2.45) is 5.92 Å². The van der Waals surface area contributed by atoms with Crippen LogP contribution in [0.15, 0.2) is 24.3 Å². The number of benzene rings is 1. The van der Waals surface area contributed by atoms with Crippen LogP contribution in [0.25, 0.3) is 0 Å². The van der Waals surface area contributed by atoms with Crippen molar-refractivity contribution in [3.63, 3.8) is 0 Å². The molecule has 7 nitrogen and oxygen atoms in total. The number of carbonyl (C=O) groups is 1. The summed E-state index contributed by atoms with van der Waals surface area (Å²) in [6.07, 6.45) is 15.2. The zero-order valence-electron chi connectivity index (χ0n) is 25.5. The fourth-order valence-corrected chi connectivity index (χ4v) is 5.23. The van der Waals surface area contributed by atoms with E-state index in [-0.39, 0.29) is 31.3 Å². The molecule has 2 unspecified atom stereocenters. The lowest BCUT2D eigenvalue weighted by molar-refractivity contribution is -0.888. The van der Waals surface area contributed by atoms with E-state index in [4.69, 9.17) is 13.8 Å². The van der Waals surface area contributed by atoms with Crippen LogP contribution in [0.5, 0.6) is 5.75 Å². The summed E-state index contributed by atoms with van der Waals surface area (Å²) >= 11 is 0. The van der Waals surface area contributed by atoms with Crippen molar-refractivity contribution >= 4 is 13.6 Å². The summed E-state index contributed by atoms with van der Waals surface area (Å²) in [7, 11) is -0.118. The van der Waals surface area contributed by atoms with Gasteiger partial charge in [-0.15, -0.1) is 0 Å². The van der Waals surface area contributed by atoms with Gasteiger partial charge in [-0.1, -0.05) is 83.3 Å². The zero-order chi connectivity index (χ0) is 29.0. The molecule has 0 saturated carbocycles. The standard InChI is InChI=1S/C31H56NO6P/c1-6-8-9-10-11-12-13-14-15-16-17-22-36-31-20-18-19-29(26-31)25-30(24-28(3)33)27-38-39(34,35)37-23-21-32(4,5)7-2/h18-20,26,30H,6-17,21-25,27H2,1-5H3/p+1. The van der Waals surface area contributed by atoms with Crippen molar-refractivity contribution in [3.8, 4) is 5.75 Å². The molecular formula is C31H57NO6P+. The lowest BCUT2D eigenvalue weighted by Gasteiger charge is -2.28. The van der Waals surface area contributed by atoms with Crippen LogP contribution in [0, 0.1) is 5.92 Å². The smallest absolute Gasteiger partial charge is 0.472 e. The third-order valence-electron chi connectivity index (χ3n) is 7.30. The molecule has 0 saturated heterocycles. The molecule has 1 rings (SSSR count). The lowest BCUT2D eigenvalue weighted by Crippen LogP contribution is -2.41. The number of quaternary nitrogens is 1. The van der Waals surface area contributed by atoms with Crippen LogP contribution in [-0.2, 0) is 24.8 Å². The van der Waals surface area contributed by atoms with Gasteiger partial charge in [0.15, 0.2) is 0 Å². The topological polar surface area (TPSA) is 82.1 Å². The van der Waals surface area contributed by atoms with E-state index in [0.29, 0.717) is 24.1 Å². The highest BCUT2D eigenvalue weighted by molar-refractivity contribution is 7.47.